The van der Waals surface area contributed by atoms with Crippen LogP contribution >= 0.6 is 0 Å². The normalized spacial score (nSPS) is 15.0. The fourth-order valence-electron chi connectivity index (χ4n) is 2.47. The Morgan fingerprint density at radius 2 is 2.05 bits per heavy atom. The Balaban J connectivity index is 1.91. The third-order valence-corrected chi connectivity index (χ3v) is 3.72. The fourth-order valence-corrected chi connectivity index (χ4v) is 2.47. The van der Waals surface area contributed by atoms with Gasteiger partial charge in [-0.25, -0.2) is 0 Å². The van der Waals surface area contributed by atoms with E-state index in [1.807, 2.05) is 29.2 Å². The predicted molar refractivity (Wildman–Crippen MR) is 79.5 cm³/mol. The van der Waals surface area contributed by atoms with Gasteiger partial charge in [0.05, 0.1) is 11.6 Å². The van der Waals surface area contributed by atoms with Crippen molar-refractivity contribution in [2.45, 2.75) is 26.2 Å². The van der Waals surface area contributed by atoms with Crippen molar-refractivity contribution in [3.63, 3.8) is 0 Å². The number of piperazine rings is 1. The van der Waals surface area contributed by atoms with Crippen LogP contribution in [0.25, 0.3) is 0 Å². The number of unbranched alkanes of at least 4 members (excludes halogenated alkanes) is 1. The first kappa shape index (κ1) is 14.4. The van der Waals surface area contributed by atoms with Gasteiger partial charge in [0.2, 0.25) is 5.91 Å². The van der Waals surface area contributed by atoms with E-state index in [2.05, 4.69) is 17.9 Å². The molecule has 2 rings (SSSR count). The first-order valence-corrected chi connectivity index (χ1v) is 7.27. The summed E-state index contributed by atoms with van der Waals surface area (Å²) in [6.45, 7) is 5.34. The number of nitriles is 1. The van der Waals surface area contributed by atoms with E-state index in [4.69, 9.17) is 5.26 Å². The summed E-state index contributed by atoms with van der Waals surface area (Å²) in [7, 11) is 0. The summed E-state index contributed by atoms with van der Waals surface area (Å²) in [5.41, 5.74) is 1.76. The number of hydrogen-bond acceptors (Lipinski definition) is 3. The van der Waals surface area contributed by atoms with Gasteiger partial charge in [-0.1, -0.05) is 19.4 Å². The van der Waals surface area contributed by atoms with E-state index >= 15 is 0 Å². The van der Waals surface area contributed by atoms with Gasteiger partial charge in [0.15, 0.2) is 0 Å². The molecular weight excluding hydrogens is 250 g/mol. The molecule has 0 N–H and O–H groups in total. The summed E-state index contributed by atoms with van der Waals surface area (Å²) in [5.74, 6) is 0.275. The first-order valence-electron chi connectivity index (χ1n) is 7.27. The summed E-state index contributed by atoms with van der Waals surface area (Å²) in [5, 5.41) is 8.94. The van der Waals surface area contributed by atoms with Gasteiger partial charge in [0, 0.05) is 38.3 Å². The van der Waals surface area contributed by atoms with E-state index in [0.29, 0.717) is 12.0 Å². The van der Waals surface area contributed by atoms with Crippen molar-refractivity contribution >= 4 is 11.6 Å². The molecular formula is C16H21N3O. The molecule has 1 aromatic rings. The van der Waals surface area contributed by atoms with Crippen molar-refractivity contribution in [3.8, 4) is 6.07 Å². The van der Waals surface area contributed by atoms with Crippen molar-refractivity contribution < 1.29 is 4.79 Å². The molecule has 1 saturated heterocycles. The van der Waals surface area contributed by atoms with Crippen LogP contribution in [0.5, 0.6) is 0 Å². The van der Waals surface area contributed by atoms with Crippen molar-refractivity contribution in [3.05, 3.63) is 29.8 Å². The molecule has 0 saturated carbocycles. The Bertz CT molecular complexity index is 499. The predicted octanol–water partition coefficient (Wildman–Crippen LogP) is 2.40. The third-order valence-electron chi connectivity index (χ3n) is 3.72. The second-order valence-corrected chi connectivity index (χ2v) is 5.13. The smallest absolute Gasteiger partial charge is 0.222 e. The molecule has 20 heavy (non-hydrogen) atoms. The van der Waals surface area contributed by atoms with E-state index < -0.39 is 0 Å². The highest BCUT2D eigenvalue weighted by Crippen LogP contribution is 2.18. The van der Waals surface area contributed by atoms with Crippen LogP contribution < -0.4 is 4.90 Å². The highest BCUT2D eigenvalue weighted by atomic mass is 16.2. The van der Waals surface area contributed by atoms with Crippen molar-refractivity contribution in [1.29, 1.82) is 5.26 Å². The Kier molecular flexibility index (Phi) is 5.00. The van der Waals surface area contributed by atoms with Gasteiger partial charge in [-0.3, -0.25) is 4.79 Å². The molecule has 106 valence electrons. The molecule has 0 unspecified atom stereocenters. The number of carbonyl (C=O) groups is 1. The largest absolute Gasteiger partial charge is 0.368 e. The summed E-state index contributed by atoms with van der Waals surface area (Å²) < 4.78 is 0. The molecule has 1 amide bonds. The maximum Gasteiger partial charge on any atom is 0.222 e. The first-order chi connectivity index (χ1) is 9.74. The topological polar surface area (TPSA) is 47.3 Å². The molecule has 4 nitrogen and oxygen atoms in total. The molecule has 0 bridgehead atoms. The monoisotopic (exact) mass is 271 g/mol. The number of nitrogens with zero attached hydrogens (tertiary/aromatic N) is 3. The van der Waals surface area contributed by atoms with E-state index in [9.17, 15) is 4.79 Å². The average Bonchev–Trinajstić information content (AvgIpc) is 2.52. The minimum Gasteiger partial charge on any atom is -0.368 e. The summed E-state index contributed by atoms with van der Waals surface area (Å²) in [4.78, 5) is 16.2. The second-order valence-electron chi connectivity index (χ2n) is 5.13. The van der Waals surface area contributed by atoms with Crippen LogP contribution in [0.3, 0.4) is 0 Å². The van der Waals surface area contributed by atoms with Crippen LogP contribution in [0.15, 0.2) is 24.3 Å². The minimum absolute atomic E-state index is 0.275. The zero-order valence-electron chi connectivity index (χ0n) is 12.0. The average molecular weight is 271 g/mol. The lowest BCUT2D eigenvalue weighted by atomic mass is 10.1. The van der Waals surface area contributed by atoms with Gasteiger partial charge < -0.3 is 9.80 Å². The lowest BCUT2D eigenvalue weighted by molar-refractivity contribution is -0.131. The summed E-state index contributed by atoms with van der Waals surface area (Å²) in [6.07, 6.45) is 2.70. The zero-order chi connectivity index (χ0) is 14.4. The van der Waals surface area contributed by atoms with Gasteiger partial charge in [-0.15, -0.1) is 0 Å². The van der Waals surface area contributed by atoms with Crippen LogP contribution in [0.2, 0.25) is 0 Å². The number of amides is 1. The van der Waals surface area contributed by atoms with Crippen LogP contribution in [0, 0.1) is 11.3 Å². The summed E-state index contributed by atoms with van der Waals surface area (Å²) >= 11 is 0. The lowest BCUT2D eigenvalue weighted by Crippen LogP contribution is -2.48. The standard InChI is InChI=1S/C16H21N3O/c1-2-3-7-16(20)19-10-8-18(9-11-19)15-6-4-5-14(12-15)13-17/h4-6,12H,2-3,7-11H2,1H3. The van der Waals surface area contributed by atoms with Gasteiger partial charge in [-0.05, 0) is 24.6 Å². The molecule has 0 spiro atoms. The highest BCUT2D eigenvalue weighted by Gasteiger charge is 2.20. The van der Waals surface area contributed by atoms with Crippen LogP contribution in [0.1, 0.15) is 31.7 Å². The van der Waals surface area contributed by atoms with Crippen LogP contribution in [0.4, 0.5) is 5.69 Å². The van der Waals surface area contributed by atoms with Gasteiger partial charge in [0.1, 0.15) is 0 Å². The highest BCUT2D eigenvalue weighted by molar-refractivity contribution is 5.76. The molecule has 0 radical (unpaired) electrons. The molecule has 0 atom stereocenters. The molecule has 1 aliphatic heterocycles. The van der Waals surface area contributed by atoms with Crippen LogP contribution in [-0.2, 0) is 4.79 Å². The molecule has 0 aromatic heterocycles. The second kappa shape index (κ2) is 6.95. The lowest BCUT2D eigenvalue weighted by Gasteiger charge is -2.36. The Hall–Kier alpha value is -2.02. The Labute approximate surface area is 120 Å². The molecule has 4 heteroatoms. The number of benzene rings is 1. The molecule has 1 fully saturated rings. The zero-order valence-corrected chi connectivity index (χ0v) is 12.0. The number of rotatable bonds is 4. The number of hydrogen-bond donors (Lipinski definition) is 0. The van der Waals surface area contributed by atoms with Crippen molar-refractivity contribution in [2.75, 3.05) is 31.1 Å². The SMILES string of the molecule is CCCCC(=O)N1CCN(c2cccc(C#N)c2)CC1. The maximum atomic E-state index is 12.0. The Morgan fingerprint density at radius 1 is 1.30 bits per heavy atom. The van der Waals surface area contributed by atoms with E-state index in [1.165, 1.54) is 0 Å². The summed E-state index contributed by atoms with van der Waals surface area (Å²) in [6, 6.07) is 9.82. The van der Waals surface area contributed by atoms with Gasteiger partial charge >= 0.3 is 0 Å². The van der Waals surface area contributed by atoms with Crippen molar-refractivity contribution in [1.82, 2.24) is 4.90 Å². The molecule has 0 aliphatic carbocycles. The van der Waals surface area contributed by atoms with Crippen LogP contribution in [-0.4, -0.2) is 37.0 Å². The number of anilines is 1. The van der Waals surface area contributed by atoms with E-state index in [1.54, 1.807) is 0 Å². The molecule has 1 aliphatic rings. The minimum atomic E-state index is 0.275. The molecule has 1 heterocycles. The van der Waals surface area contributed by atoms with E-state index in [-0.39, 0.29) is 5.91 Å². The molecule has 1 aromatic carbocycles. The fraction of sp³-hybridized carbons (Fsp3) is 0.500. The van der Waals surface area contributed by atoms with Gasteiger partial charge in [0.25, 0.3) is 0 Å². The van der Waals surface area contributed by atoms with E-state index in [0.717, 1.165) is 44.7 Å². The van der Waals surface area contributed by atoms with Gasteiger partial charge in [-0.2, -0.15) is 5.26 Å². The maximum absolute atomic E-state index is 12.0. The van der Waals surface area contributed by atoms with Crippen molar-refractivity contribution in [2.24, 2.45) is 0 Å². The number of carbonyl (C=O) groups excluding carboxylic acids is 1. The third kappa shape index (κ3) is 3.51. The quantitative estimate of drug-likeness (QED) is 0.845. The Morgan fingerprint density at radius 3 is 2.70 bits per heavy atom.